The summed E-state index contributed by atoms with van der Waals surface area (Å²) in [4.78, 5) is 11.8. The number of nitrogen functional groups attached to an aromatic ring is 1. The van der Waals surface area contributed by atoms with E-state index in [0.29, 0.717) is 17.1 Å². The van der Waals surface area contributed by atoms with Gasteiger partial charge in [0.1, 0.15) is 5.75 Å². The number of hydrogen-bond acceptors (Lipinski definition) is 3. The van der Waals surface area contributed by atoms with Crippen molar-refractivity contribution in [2.75, 3.05) is 17.7 Å². The molecule has 1 amide bonds. The van der Waals surface area contributed by atoms with Crippen LogP contribution < -0.4 is 15.8 Å². The van der Waals surface area contributed by atoms with Crippen LogP contribution in [0.1, 0.15) is 0 Å². The normalized spacial score (nSPS) is 10.1. The van der Waals surface area contributed by atoms with E-state index in [1.807, 2.05) is 12.1 Å². The molecule has 0 bridgehead atoms. The Morgan fingerprint density at radius 3 is 2.70 bits per heavy atom. The fourth-order valence-electron chi connectivity index (χ4n) is 1.53. The van der Waals surface area contributed by atoms with E-state index in [1.165, 1.54) is 0 Å². The minimum atomic E-state index is -0.240. The van der Waals surface area contributed by atoms with E-state index < -0.39 is 0 Å². The van der Waals surface area contributed by atoms with Crippen LogP contribution in [0, 0.1) is 0 Å². The molecule has 2 aromatic carbocycles. The standard InChI is InChI=1S/C14H12Br2N2O2/c15-9-4-5-13(12(16)6-9)18-14(19)8-20-11-3-1-2-10(17)7-11/h1-7H,8,17H2,(H,18,19). The maximum Gasteiger partial charge on any atom is 0.262 e. The first kappa shape index (κ1) is 14.9. The van der Waals surface area contributed by atoms with Crippen molar-refractivity contribution < 1.29 is 9.53 Å². The van der Waals surface area contributed by atoms with Gasteiger partial charge in [0, 0.05) is 20.7 Å². The molecular weight excluding hydrogens is 388 g/mol. The number of hydrogen-bond donors (Lipinski definition) is 2. The highest BCUT2D eigenvalue weighted by Crippen LogP contribution is 2.26. The molecule has 0 heterocycles. The summed E-state index contributed by atoms with van der Waals surface area (Å²) in [5.74, 6) is 0.325. The third kappa shape index (κ3) is 4.25. The highest BCUT2D eigenvalue weighted by atomic mass is 79.9. The van der Waals surface area contributed by atoms with E-state index in [0.717, 1.165) is 8.95 Å². The number of rotatable bonds is 4. The third-order valence-corrected chi connectivity index (χ3v) is 3.58. The molecule has 0 saturated carbocycles. The molecule has 0 radical (unpaired) electrons. The molecule has 0 aliphatic carbocycles. The average molecular weight is 400 g/mol. The monoisotopic (exact) mass is 398 g/mol. The summed E-state index contributed by atoms with van der Waals surface area (Å²) >= 11 is 6.73. The van der Waals surface area contributed by atoms with Crippen LogP contribution in [0.15, 0.2) is 51.4 Å². The van der Waals surface area contributed by atoms with Crippen molar-refractivity contribution in [3.8, 4) is 5.75 Å². The maximum absolute atomic E-state index is 11.8. The lowest BCUT2D eigenvalue weighted by molar-refractivity contribution is -0.118. The quantitative estimate of drug-likeness (QED) is 0.768. The largest absolute Gasteiger partial charge is 0.484 e. The Kier molecular flexibility index (Phi) is 5.03. The first-order chi connectivity index (χ1) is 9.54. The van der Waals surface area contributed by atoms with Gasteiger partial charge >= 0.3 is 0 Å². The fraction of sp³-hybridized carbons (Fsp3) is 0.0714. The first-order valence-corrected chi connectivity index (χ1v) is 7.36. The minimum Gasteiger partial charge on any atom is -0.484 e. The van der Waals surface area contributed by atoms with Gasteiger partial charge in [-0.25, -0.2) is 0 Å². The zero-order valence-corrected chi connectivity index (χ0v) is 13.6. The van der Waals surface area contributed by atoms with Gasteiger partial charge in [-0.1, -0.05) is 22.0 Å². The molecular formula is C14H12Br2N2O2. The number of anilines is 2. The Hall–Kier alpha value is -1.53. The number of nitrogens with two attached hydrogens (primary N) is 1. The topological polar surface area (TPSA) is 64.3 Å². The summed E-state index contributed by atoms with van der Waals surface area (Å²) in [6.07, 6.45) is 0. The molecule has 0 aromatic heterocycles. The number of ether oxygens (including phenoxy) is 1. The van der Waals surface area contributed by atoms with Gasteiger partial charge in [-0.2, -0.15) is 0 Å². The van der Waals surface area contributed by atoms with Crippen LogP contribution in [0.4, 0.5) is 11.4 Å². The van der Waals surface area contributed by atoms with Gasteiger partial charge < -0.3 is 15.8 Å². The Morgan fingerprint density at radius 1 is 1.20 bits per heavy atom. The summed E-state index contributed by atoms with van der Waals surface area (Å²) in [5.41, 5.74) is 6.92. The van der Waals surface area contributed by atoms with E-state index >= 15 is 0 Å². The molecule has 0 spiro atoms. The number of benzene rings is 2. The lowest BCUT2D eigenvalue weighted by Gasteiger charge is -2.09. The maximum atomic E-state index is 11.8. The van der Waals surface area contributed by atoms with Crippen LogP contribution in [0.2, 0.25) is 0 Å². The van der Waals surface area contributed by atoms with Gasteiger partial charge in [0.2, 0.25) is 0 Å². The number of amides is 1. The molecule has 2 aromatic rings. The summed E-state index contributed by atoms with van der Waals surface area (Å²) in [6.45, 7) is -0.0774. The van der Waals surface area contributed by atoms with Crippen LogP contribution in [0.5, 0.6) is 5.75 Å². The molecule has 20 heavy (non-hydrogen) atoms. The molecule has 6 heteroatoms. The molecule has 0 unspecified atom stereocenters. The smallest absolute Gasteiger partial charge is 0.262 e. The number of halogens is 2. The molecule has 104 valence electrons. The molecule has 0 aliphatic rings. The van der Waals surface area contributed by atoms with Gasteiger partial charge in [0.15, 0.2) is 6.61 Å². The Labute approximate surface area is 133 Å². The van der Waals surface area contributed by atoms with E-state index in [1.54, 1.807) is 30.3 Å². The van der Waals surface area contributed by atoms with E-state index in [4.69, 9.17) is 10.5 Å². The molecule has 0 aliphatic heterocycles. The SMILES string of the molecule is Nc1cccc(OCC(=O)Nc2ccc(Br)cc2Br)c1. The van der Waals surface area contributed by atoms with Crippen LogP contribution in [0.3, 0.4) is 0 Å². The van der Waals surface area contributed by atoms with Crippen LogP contribution in [0.25, 0.3) is 0 Å². The molecule has 2 rings (SSSR count). The van der Waals surface area contributed by atoms with Crippen LogP contribution in [-0.2, 0) is 4.79 Å². The van der Waals surface area contributed by atoms with Crippen molar-refractivity contribution in [2.45, 2.75) is 0 Å². The molecule has 0 saturated heterocycles. The van der Waals surface area contributed by atoms with Crippen LogP contribution in [-0.4, -0.2) is 12.5 Å². The Morgan fingerprint density at radius 2 is 2.00 bits per heavy atom. The van der Waals surface area contributed by atoms with E-state index in [2.05, 4.69) is 37.2 Å². The van der Waals surface area contributed by atoms with E-state index in [9.17, 15) is 4.79 Å². The highest BCUT2D eigenvalue weighted by Gasteiger charge is 2.07. The van der Waals surface area contributed by atoms with Crippen molar-refractivity contribution >= 4 is 49.1 Å². The molecule has 3 N–H and O–H groups in total. The lowest BCUT2D eigenvalue weighted by Crippen LogP contribution is -2.20. The average Bonchev–Trinajstić information content (AvgIpc) is 2.40. The molecule has 0 atom stereocenters. The van der Waals surface area contributed by atoms with E-state index in [-0.39, 0.29) is 12.5 Å². The zero-order valence-electron chi connectivity index (χ0n) is 10.4. The van der Waals surface area contributed by atoms with Gasteiger partial charge in [0.05, 0.1) is 5.69 Å². The van der Waals surface area contributed by atoms with Crippen molar-refractivity contribution in [2.24, 2.45) is 0 Å². The van der Waals surface area contributed by atoms with Crippen molar-refractivity contribution in [1.29, 1.82) is 0 Å². The Balaban J connectivity index is 1.92. The zero-order chi connectivity index (χ0) is 14.5. The highest BCUT2D eigenvalue weighted by molar-refractivity contribution is 9.11. The fourth-order valence-corrected chi connectivity index (χ4v) is 2.68. The second-order valence-corrected chi connectivity index (χ2v) is 5.80. The van der Waals surface area contributed by atoms with Gasteiger partial charge in [-0.3, -0.25) is 4.79 Å². The summed E-state index contributed by atoms with van der Waals surface area (Å²) in [7, 11) is 0. The van der Waals surface area contributed by atoms with Crippen molar-refractivity contribution in [1.82, 2.24) is 0 Å². The predicted molar refractivity (Wildman–Crippen MR) is 86.8 cm³/mol. The van der Waals surface area contributed by atoms with Crippen LogP contribution >= 0.6 is 31.9 Å². The number of carbonyl (C=O) groups excluding carboxylic acids is 1. The lowest BCUT2D eigenvalue weighted by atomic mass is 10.3. The Bertz CT molecular complexity index is 632. The third-order valence-electron chi connectivity index (χ3n) is 2.43. The molecule has 0 fully saturated rings. The number of nitrogens with one attached hydrogen (secondary N) is 1. The van der Waals surface area contributed by atoms with Gasteiger partial charge in [-0.05, 0) is 46.3 Å². The minimum absolute atomic E-state index is 0.0774. The molecule has 4 nitrogen and oxygen atoms in total. The summed E-state index contributed by atoms with van der Waals surface area (Å²) in [5, 5.41) is 2.76. The second-order valence-electron chi connectivity index (χ2n) is 4.03. The summed E-state index contributed by atoms with van der Waals surface area (Å²) < 4.78 is 7.09. The van der Waals surface area contributed by atoms with Gasteiger partial charge in [-0.15, -0.1) is 0 Å². The van der Waals surface area contributed by atoms with Crippen molar-refractivity contribution in [3.05, 3.63) is 51.4 Å². The first-order valence-electron chi connectivity index (χ1n) is 5.78. The number of carbonyl (C=O) groups is 1. The predicted octanol–water partition coefficient (Wildman–Crippen LogP) is 3.81. The second kappa shape index (κ2) is 6.76. The summed E-state index contributed by atoms with van der Waals surface area (Å²) in [6, 6.07) is 12.4. The van der Waals surface area contributed by atoms with Gasteiger partial charge in [0.25, 0.3) is 5.91 Å². The van der Waals surface area contributed by atoms with Crippen molar-refractivity contribution in [3.63, 3.8) is 0 Å².